The van der Waals surface area contributed by atoms with Crippen molar-refractivity contribution in [2.24, 2.45) is 0 Å². The van der Waals surface area contributed by atoms with Gasteiger partial charge in [-0.15, -0.1) is 6.58 Å². The number of aromatic nitrogens is 1. The third-order valence-corrected chi connectivity index (χ3v) is 4.84. The number of pyridine rings is 1. The molecule has 130 valence electrons. The van der Waals surface area contributed by atoms with Crippen molar-refractivity contribution in [2.45, 2.75) is 19.0 Å². The minimum atomic E-state index is -0.0818. The maximum atomic E-state index is 13.1. The fourth-order valence-corrected chi connectivity index (χ4v) is 3.51. The molecule has 4 heteroatoms. The Bertz CT molecular complexity index is 979. The van der Waals surface area contributed by atoms with Gasteiger partial charge in [0.2, 0.25) is 0 Å². The van der Waals surface area contributed by atoms with Crippen LogP contribution in [0.25, 0.3) is 10.9 Å². The molecule has 2 aromatic carbocycles. The van der Waals surface area contributed by atoms with Gasteiger partial charge in [-0.25, -0.2) is 4.98 Å². The highest BCUT2D eigenvalue weighted by Gasteiger charge is 2.37. The average Bonchev–Trinajstić information content (AvgIpc) is 2.92. The highest BCUT2D eigenvalue weighted by molar-refractivity contribution is 6.01. The van der Waals surface area contributed by atoms with Crippen molar-refractivity contribution < 1.29 is 9.53 Å². The summed E-state index contributed by atoms with van der Waals surface area (Å²) in [5, 5.41) is 0.989. The molecule has 0 spiro atoms. The summed E-state index contributed by atoms with van der Waals surface area (Å²) >= 11 is 0. The average molecular weight is 344 g/mol. The predicted molar refractivity (Wildman–Crippen MR) is 102 cm³/mol. The molecule has 1 atom stereocenters. The van der Waals surface area contributed by atoms with Gasteiger partial charge < -0.3 is 9.64 Å². The third-order valence-electron chi connectivity index (χ3n) is 4.84. The molecule has 0 radical (unpaired) electrons. The molecule has 1 amide bonds. The van der Waals surface area contributed by atoms with Crippen LogP contribution in [0, 0.1) is 0 Å². The first kappa shape index (κ1) is 16.3. The lowest BCUT2D eigenvalue weighted by Crippen LogP contribution is -2.27. The summed E-state index contributed by atoms with van der Waals surface area (Å²) in [6.07, 6.45) is 2.53. The number of hydrogen-bond donors (Lipinski definition) is 0. The normalized spacial score (nSPS) is 16.0. The van der Waals surface area contributed by atoms with Gasteiger partial charge in [-0.2, -0.15) is 0 Å². The van der Waals surface area contributed by atoms with Crippen LogP contribution in [0.1, 0.15) is 34.1 Å². The zero-order chi connectivity index (χ0) is 18.1. The first-order valence-electron chi connectivity index (χ1n) is 8.65. The number of carbonyl (C=O) groups excluding carboxylic acids is 1. The SMILES string of the molecule is C=CCC1c2nc3ccccc3cc2C(=O)N1Cc1ccc(OC)cc1. The monoisotopic (exact) mass is 344 g/mol. The fraction of sp³-hybridized carbons (Fsp3) is 0.182. The molecule has 0 saturated heterocycles. The number of carbonyl (C=O) groups is 1. The molecule has 3 aromatic rings. The molecule has 0 N–H and O–H groups in total. The summed E-state index contributed by atoms with van der Waals surface area (Å²) in [5.74, 6) is 0.835. The molecular formula is C22H20N2O2. The first-order valence-corrected chi connectivity index (χ1v) is 8.65. The van der Waals surface area contributed by atoms with Crippen molar-refractivity contribution in [1.29, 1.82) is 0 Å². The highest BCUT2D eigenvalue weighted by atomic mass is 16.5. The molecule has 0 bridgehead atoms. The topological polar surface area (TPSA) is 42.4 Å². The largest absolute Gasteiger partial charge is 0.497 e. The highest BCUT2D eigenvalue weighted by Crippen LogP contribution is 2.37. The lowest BCUT2D eigenvalue weighted by molar-refractivity contribution is 0.0710. The van der Waals surface area contributed by atoms with E-state index >= 15 is 0 Å². The summed E-state index contributed by atoms with van der Waals surface area (Å²) in [6, 6.07) is 17.6. The van der Waals surface area contributed by atoms with Gasteiger partial charge in [-0.05, 0) is 36.2 Å². The Morgan fingerprint density at radius 1 is 1.19 bits per heavy atom. The zero-order valence-corrected chi connectivity index (χ0v) is 14.7. The van der Waals surface area contributed by atoms with Crippen molar-refractivity contribution >= 4 is 16.8 Å². The molecule has 1 unspecified atom stereocenters. The van der Waals surface area contributed by atoms with E-state index in [9.17, 15) is 4.79 Å². The maximum absolute atomic E-state index is 13.1. The predicted octanol–water partition coefficient (Wildman–Crippen LogP) is 4.52. The Labute approximate surface area is 152 Å². The number of amides is 1. The Morgan fingerprint density at radius 2 is 1.96 bits per heavy atom. The summed E-state index contributed by atoms with van der Waals surface area (Å²) in [7, 11) is 1.64. The molecule has 0 saturated carbocycles. The number of methoxy groups -OCH3 is 1. The van der Waals surface area contributed by atoms with E-state index in [4.69, 9.17) is 9.72 Å². The Kier molecular flexibility index (Phi) is 4.17. The molecular weight excluding hydrogens is 324 g/mol. The van der Waals surface area contributed by atoms with Crippen molar-refractivity contribution in [3.63, 3.8) is 0 Å². The van der Waals surface area contributed by atoms with Crippen LogP contribution in [-0.4, -0.2) is 22.9 Å². The van der Waals surface area contributed by atoms with Crippen LogP contribution in [0.15, 0.2) is 67.3 Å². The van der Waals surface area contributed by atoms with E-state index in [1.165, 1.54) is 0 Å². The van der Waals surface area contributed by atoms with Gasteiger partial charge >= 0.3 is 0 Å². The van der Waals surface area contributed by atoms with E-state index in [1.807, 2.05) is 65.6 Å². The van der Waals surface area contributed by atoms with E-state index in [1.54, 1.807) is 7.11 Å². The number of ether oxygens (including phenoxy) is 1. The van der Waals surface area contributed by atoms with Crippen LogP contribution in [0.2, 0.25) is 0 Å². The number of para-hydroxylation sites is 1. The van der Waals surface area contributed by atoms with Gasteiger partial charge in [0.05, 0.1) is 29.9 Å². The third kappa shape index (κ3) is 2.73. The lowest BCUT2D eigenvalue weighted by atomic mass is 10.1. The second-order valence-corrected chi connectivity index (χ2v) is 6.44. The van der Waals surface area contributed by atoms with E-state index in [0.717, 1.165) is 27.9 Å². The van der Waals surface area contributed by atoms with Gasteiger partial charge in [0, 0.05) is 11.9 Å². The maximum Gasteiger partial charge on any atom is 0.256 e. The van der Waals surface area contributed by atoms with Crippen molar-refractivity contribution in [1.82, 2.24) is 9.88 Å². The first-order chi connectivity index (χ1) is 12.7. The summed E-state index contributed by atoms with van der Waals surface area (Å²) in [5.41, 5.74) is 3.52. The second kappa shape index (κ2) is 6.64. The Balaban J connectivity index is 1.72. The van der Waals surface area contributed by atoms with Gasteiger partial charge in [-0.1, -0.05) is 36.4 Å². The van der Waals surface area contributed by atoms with E-state index in [2.05, 4.69) is 6.58 Å². The Hall–Kier alpha value is -3.14. The molecule has 1 aliphatic rings. The summed E-state index contributed by atoms with van der Waals surface area (Å²) in [4.78, 5) is 19.8. The van der Waals surface area contributed by atoms with Crippen LogP contribution in [0.5, 0.6) is 5.75 Å². The molecule has 4 nitrogen and oxygen atoms in total. The van der Waals surface area contributed by atoms with Crippen molar-refractivity contribution in [3.05, 3.63) is 84.1 Å². The number of rotatable bonds is 5. The minimum Gasteiger partial charge on any atom is -0.497 e. The van der Waals surface area contributed by atoms with Crippen LogP contribution in [0.4, 0.5) is 0 Å². The summed E-state index contributed by atoms with van der Waals surface area (Å²) < 4.78 is 5.21. The number of benzene rings is 2. The van der Waals surface area contributed by atoms with E-state index in [-0.39, 0.29) is 11.9 Å². The van der Waals surface area contributed by atoms with Crippen LogP contribution in [-0.2, 0) is 6.54 Å². The van der Waals surface area contributed by atoms with Crippen molar-refractivity contribution in [3.8, 4) is 5.75 Å². The minimum absolute atomic E-state index is 0.0286. The van der Waals surface area contributed by atoms with Crippen LogP contribution >= 0.6 is 0 Å². The fourth-order valence-electron chi connectivity index (χ4n) is 3.51. The van der Waals surface area contributed by atoms with Gasteiger partial charge in [0.1, 0.15) is 5.75 Å². The van der Waals surface area contributed by atoms with Gasteiger partial charge in [0.25, 0.3) is 5.91 Å². The molecule has 26 heavy (non-hydrogen) atoms. The standard InChI is InChI=1S/C22H20N2O2/c1-3-6-20-21-18(13-16-7-4-5-8-19(16)23-21)22(25)24(20)14-15-9-11-17(26-2)12-10-15/h3-5,7-13,20H,1,6,14H2,2H3. The van der Waals surface area contributed by atoms with Gasteiger partial charge in [0.15, 0.2) is 0 Å². The molecule has 1 aromatic heterocycles. The smallest absolute Gasteiger partial charge is 0.256 e. The molecule has 0 aliphatic carbocycles. The molecule has 0 fully saturated rings. The van der Waals surface area contributed by atoms with E-state index < -0.39 is 0 Å². The van der Waals surface area contributed by atoms with E-state index in [0.29, 0.717) is 18.5 Å². The van der Waals surface area contributed by atoms with Crippen LogP contribution < -0.4 is 4.74 Å². The van der Waals surface area contributed by atoms with Crippen LogP contribution in [0.3, 0.4) is 0 Å². The van der Waals surface area contributed by atoms with Crippen molar-refractivity contribution in [2.75, 3.05) is 7.11 Å². The zero-order valence-electron chi connectivity index (χ0n) is 14.7. The number of nitrogens with zero attached hydrogens (tertiary/aromatic N) is 2. The quantitative estimate of drug-likeness (QED) is 0.639. The van der Waals surface area contributed by atoms with Gasteiger partial charge in [-0.3, -0.25) is 4.79 Å². The lowest BCUT2D eigenvalue weighted by Gasteiger charge is -2.24. The number of fused-ring (bicyclic) bond motifs is 2. The second-order valence-electron chi connectivity index (χ2n) is 6.44. The molecule has 2 heterocycles. The Morgan fingerprint density at radius 3 is 2.69 bits per heavy atom. The summed E-state index contributed by atoms with van der Waals surface area (Å²) in [6.45, 7) is 4.40. The number of hydrogen-bond acceptors (Lipinski definition) is 3. The molecule has 1 aliphatic heterocycles. The molecule has 4 rings (SSSR count).